The lowest BCUT2D eigenvalue weighted by molar-refractivity contribution is 0.313. The number of hydrogen-bond acceptors (Lipinski definition) is 3. The van der Waals surface area contributed by atoms with Crippen molar-refractivity contribution in [2.75, 3.05) is 19.8 Å². The van der Waals surface area contributed by atoms with E-state index in [0.29, 0.717) is 11.2 Å². The summed E-state index contributed by atoms with van der Waals surface area (Å²) in [5, 5.41) is 0.587. The van der Waals surface area contributed by atoms with Crippen LogP contribution in [-0.4, -0.2) is 29.7 Å². The van der Waals surface area contributed by atoms with Crippen LogP contribution in [0.3, 0.4) is 0 Å². The highest BCUT2D eigenvalue weighted by atomic mass is 35.5. The van der Waals surface area contributed by atoms with Crippen LogP contribution in [0, 0.1) is 0 Å². The number of thioether (sulfide) groups is 1. The minimum atomic E-state index is 0.525. The molecule has 2 rings (SSSR count). The summed E-state index contributed by atoms with van der Waals surface area (Å²) in [5.41, 5.74) is 1.33. The minimum absolute atomic E-state index is 0.525. The van der Waals surface area contributed by atoms with Gasteiger partial charge in [-0.15, -0.1) is 11.8 Å². The molecule has 2 heterocycles. The smallest absolute Gasteiger partial charge is 0.130 e. The third-order valence-corrected chi connectivity index (χ3v) is 3.96. The number of aromatic nitrogens is 1. The zero-order valence-corrected chi connectivity index (χ0v) is 10.6. The van der Waals surface area contributed by atoms with E-state index in [0.717, 1.165) is 0 Å². The summed E-state index contributed by atoms with van der Waals surface area (Å²) in [5.74, 6) is 0. The Morgan fingerprint density at radius 3 is 3.00 bits per heavy atom. The summed E-state index contributed by atoms with van der Waals surface area (Å²) < 4.78 is 0. The Hall–Kier alpha value is -0.250. The molecule has 82 valence electrons. The topological polar surface area (TPSA) is 16.1 Å². The van der Waals surface area contributed by atoms with Gasteiger partial charge in [-0.1, -0.05) is 11.6 Å². The highest BCUT2D eigenvalue weighted by Crippen LogP contribution is 2.35. The predicted octanol–water partition coefficient (Wildman–Crippen LogP) is 3.22. The molecule has 0 aromatic carbocycles. The molecule has 0 N–H and O–H groups in total. The van der Waals surface area contributed by atoms with E-state index in [1.54, 1.807) is 11.8 Å². The second kappa shape index (κ2) is 4.73. The van der Waals surface area contributed by atoms with Gasteiger partial charge in [-0.25, -0.2) is 4.98 Å². The first-order valence-corrected chi connectivity index (χ1v) is 6.72. The van der Waals surface area contributed by atoms with Crippen LogP contribution < -0.4 is 0 Å². The van der Waals surface area contributed by atoms with E-state index in [2.05, 4.69) is 23.2 Å². The van der Waals surface area contributed by atoms with Gasteiger partial charge in [0.15, 0.2) is 0 Å². The molecule has 0 saturated carbocycles. The average molecular weight is 243 g/mol. The highest BCUT2D eigenvalue weighted by molar-refractivity contribution is 7.98. The van der Waals surface area contributed by atoms with Crippen LogP contribution in [0.5, 0.6) is 0 Å². The summed E-state index contributed by atoms with van der Waals surface area (Å²) in [6, 6.07) is 2.49. The molecule has 1 aromatic rings. The van der Waals surface area contributed by atoms with E-state index in [1.165, 1.54) is 29.8 Å². The Morgan fingerprint density at radius 2 is 2.40 bits per heavy atom. The first-order valence-electron chi connectivity index (χ1n) is 5.12. The van der Waals surface area contributed by atoms with Gasteiger partial charge in [0.1, 0.15) is 5.15 Å². The Morgan fingerprint density at radius 1 is 1.60 bits per heavy atom. The zero-order valence-electron chi connectivity index (χ0n) is 9.03. The van der Waals surface area contributed by atoms with Crippen LogP contribution in [0.4, 0.5) is 0 Å². The molecule has 1 fully saturated rings. The molecule has 1 atom stereocenters. The summed E-state index contributed by atoms with van der Waals surface area (Å²) in [6.45, 7) is 1.18. The molecular formula is C11H15ClN2S. The minimum Gasteiger partial charge on any atom is -0.299 e. The third kappa shape index (κ3) is 2.30. The predicted molar refractivity (Wildman–Crippen MR) is 65.6 cm³/mol. The van der Waals surface area contributed by atoms with Crippen LogP contribution >= 0.6 is 23.4 Å². The molecule has 4 heteroatoms. The molecule has 1 aromatic heterocycles. The summed E-state index contributed by atoms with van der Waals surface area (Å²) in [7, 11) is 2.18. The van der Waals surface area contributed by atoms with Crippen LogP contribution in [0.2, 0.25) is 5.15 Å². The number of hydrogen-bond donors (Lipinski definition) is 0. The fourth-order valence-electron chi connectivity index (χ4n) is 2.15. The third-order valence-electron chi connectivity index (χ3n) is 2.96. The fourth-order valence-corrected chi connectivity index (χ4v) is 3.03. The monoisotopic (exact) mass is 242 g/mol. The molecule has 0 amide bonds. The second-order valence-electron chi connectivity index (χ2n) is 3.89. The number of pyridine rings is 1. The number of likely N-dealkylation sites (tertiary alicyclic amines) is 1. The van der Waals surface area contributed by atoms with E-state index in [1.807, 2.05) is 12.3 Å². The maximum Gasteiger partial charge on any atom is 0.130 e. The highest BCUT2D eigenvalue weighted by Gasteiger charge is 2.24. The number of halogens is 1. The van der Waals surface area contributed by atoms with Gasteiger partial charge in [0.05, 0.1) is 0 Å². The number of nitrogens with zero attached hydrogens (tertiary/aromatic N) is 2. The Bertz CT molecular complexity index is 356. The van der Waals surface area contributed by atoms with E-state index < -0.39 is 0 Å². The van der Waals surface area contributed by atoms with Crippen LogP contribution in [0.1, 0.15) is 24.4 Å². The van der Waals surface area contributed by atoms with Crippen LogP contribution in [0.15, 0.2) is 17.2 Å². The van der Waals surface area contributed by atoms with Crippen molar-refractivity contribution >= 4 is 23.4 Å². The van der Waals surface area contributed by atoms with Crippen molar-refractivity contribution in [2.24, 2.45) is 0 Å². The second-order valence-corrected chi connectivity index (χ2v) is 5.12. The van der Waals surface area contributed by atoms with Gasteiger partial charge in [-0.2, -0.15) is 0 Å². The van der Waals surface area contributed by atoms with Gasteiger partial charge < -0.3 is 0 Å². The van der Waals surface area contributed by atoms with E-state index >= 15 is 0 Å². The lowest BCUT2D eigenvalue weighted by Crippen LogP contribution is -2.18. The largest absolute Gasteiger partial charge is 0.299 e. The fraction of sp³-hybridized carbons (Fsp3) is 0.545. The summed E-state index contributed by atoms with van der Waals surface area (Å²) in [6.07, 6.45) is 6.52. The molecule has 0 radical (unpaired) electrons. The van der Waals surface area contributed by atoms with Gasteiger partial charge in [-0.05, 0) is 38.8 Å². The first-order chi connectivity index (χ1) is 7.22. The Labute approximate surface area is 100 Å². The zero-order chi connectivity index (χ0) is 10.8. The molecular weight excluding hydrogens is 228 g/mol. The van der Waals surface area contributed by atoms with Crippen LogP contribution in [0.25, 0.3) is 0 Å². The van der Waals surface area contributed by atoms with Crippen molar-refractivity contribution in [3.8, 4) is 0 Å². The molecule has 0 bridgehead atoms. The van der Waals surface area contributed by atoms with Gasteiger partial charge in [0.2, 0.25) is 0 Å². The Kier molecular flexibility index (Phi) is 3.54. The van der Waals surface area contributed by atoms with Gasteiger partial charge >= 0.3 is 0 Å². The van der Waals surface area contributed by atoms with E-state index in [-0.39, 0.29) is 0 Å². The van der Waals surface area contributed by atoms with Crippen molar-refractivity contribution in [3.05, 3.63) is 23.0 Å². The van der Waals surface area contributed by atoms with Crippen molar-refractivity contribution in [2.45, 2.75) is 23.8 Å². The summed E-state index contributed by atoms with van der Waals surface area (Å²) in [4.78, 5) is 7.84. The molecule has 2 nitrogen and oxygen atoms in total. The quantitative estimate of drug-likeness (QED) is 0.585. The van der Waals surface area contributed by atoms with Crippen molar-refractivity contribution in [1.29, 1.82) is 0 Å². The molecule has 1 aliphatic rings. The van der Waals surface area contributed by atoms with Crippen molar-refractivity contribution in [1.82, 2.24) is 9.88 Å². The Balaban J connectivity index is 2.34. The maximum absolute atomic E-state index is 5.90. The maximum atomic E-state index is 5.90. The van der Waals surface area contributed by atoms with Gasteiger partial charge in [-0.3, -0.25) is 4.90 Å². The normalized spacial score (nSPS) is 22.2. The standard InChI is InChI=1S/C11H15ClN2S/c1-14-5-3-4-9(14)8-7-13-11(12)6-10(8)15-2/h6-7,9H,3-5H2,1-2H3/t9-/m0/s1. The molecule has 0 spiro atoms. The van der Waals surface area contributed by atoms with E-state index in [4.69, 9.17) is 11.6 Å². The van der Waals surface area contributed by atoms with Crippen molar-refractivity contribution < 1.29 is 0 Å². The SMILES string of the molecule is CSc1cc(Cl)ncc1[C@@H]1CCCN1C. The van der Waals surface area contributed by atoms with Gasteiger partial charge in [0, 0.05) is 22.7 Å². The van der Waals surface area contributed by atoms with Crippen LogP contribution in [-0.2, 0) is 0 Å². The molecule has 1 saturated heterocycles. The lowest BCUT2D eigenvalue weighted by atomic mass is 10.1. The summed E-state index contributed by atoms with van der Waals surface area (Å²) >= 11 is 7.65. The molecule has 1 aliphatic heterocycles. The average Bonchev–Trinajstić information content (AvgIpc) is 2.64. The first kappa shape index (κ1) is 11.2. The lowest BCUT2D eigenvalue weighted by Gasteiger charge is -2.21. The molecule has 0 unspecified atom stereocenters. The number of rotatable bonds is 2. The molecule has 0 aliphatic carbocycles. The van der Waals surface area contributed by atoms with Gasteiger partial charge in [0.25, 0.3) is 0 Å². The molecule has 15 heavy (non-hydrogen) atoms. The van der Waals surface area contributed by atoms with Crippen molar-refractivity contribution in [3.63, 3.8) is 0 Å². The van der Waals surface area contributed by atoms with E-state index in [9.17, 15) is 0 Å².